The summed E-state index contributed by atoms with van der Waals surface area (Å²) in [7, 11) is -0.943. The highest BCUT2D eigenvalue weighted by Crippen LogP contribution is 2.29. The van der Waals surface area contributed by atoms with Crippen LogP contribution in [0.2, 0.25) is 0 Å². The Kier molecular flexibility index (Phi) is 4.38. The highest BCUT2D eigenvalue weighted by Gasteiger charge is 2.24. The van der Waals surface area contributed by atoms with Crippen LogP contribution in [-0.4, -0.2) is 9.46 Å². The van der Waals surface area contributed by atoms with Gasteiger partial charge in [0.15, 0.2) is 0 Å². The molecule has 0 bridgehead atoms. The van der Waals surface area contributed by atoms with Gasteiger partial charge in [-0.3, -0.25) is 4.21 Å². The first-order valence-electron chi connectivity index (χ1n) is 6.47. The van der Waals surface area contributed by atoms with Crippen LogP contribution >= 0.6 is 0 Å². The molecule has 18 heavy (non-hydrogen) atoms. The van der Waals surface area contributed by atoms with Gasteiger partial charge in [0.2, 0.25) is 0 Å². The summed E-state index contributed by atoms with van der Waals surface area (Å²) in [6.45, 7) is 2.21. The number of hydrogen-bond acceptors (Lipinski definition) is 2. The van der Waals surface area contributed by atoms with Gasteiger partial charge in [-0.1, -0.05) is 19.8 Å². The molecule has 100 valence electrons. The highest BCUT2D eigenvalue weighted by atomic mass is 32.2. The van der Waals surface area contributed by atoms with Gasteiger partial charge in [-0.15, -0.1) is 0 Å². The summed E-state index contributed by atoms with van der Waals surface area (Å²) in [6.07, 6.45) is 4.42. The third kappa shape index (κ3) is 3.31. The van der Waals surface area contributed by atoms with Crippen molar-refractivity contribution in [1.82, 2.24) is 0 Å². The van der Waals surface area contributed by atoms with Crippen molar-refractivity contribution < 1.29 is 8.60 Å². The number of nitrogens with two attached hydrogens (primary N) is 1. The Morgan fingerprint density at radius 1 is 1.44 bits per heavy atom. The second-order valence-corrected chi connectivity index (χ2v) is 6.98. The average molecular weight is 269 g/mol. The predicted molar refractivity (Wildman–Crippen MR) is 74.1 cm³/mol. The molecular weight excluding hydrogens is 249 g/mol. The van der Waals surface area contributed by atoms with E-state index in [-0.39, 0.29) is 11.1 Å². The summed E-state index contributed by atoms with van der Waals surface area (Å²) in [6, 6.07) is 4.29. The van der Waals surface area contributed by atoms with Gasteiger partial charge in [-0.2, -0.15) is 0 Å². The van der Waals surface area contributed by atoms with E-state index in [0.29, 0.717) is 22.9 Å². The van der Waals surface area contributed by atoms with E-state index in [2.05, 4.69) is 6.92 Å². The van der Waals surface area contributed by atoms with Crippen molar-refractivity contribution >= 4 is 16.5 Å². The van der Waals surface area contributed by atoms with Gasteiger partial charge in [0.05, 0.1) is 5.75 Å². The Hall–Kier alpha value is -0.900. The second-order valence-electron chi connectivity index (χ2n) is 5.26. The zero-order valence-corrected chi connectivity index (χ0v) is 11.5. The van der Waals surface area contributed by atoms with Crippen molar-refractivity contribution in [3.05, 3.63) is 29.6 Å². The van der Waals surface area contributed by atoms with Crippen LogP contribution in [-0.2, 0) is 16.6 Å². The first-order chi connectivity index (χ1) is 8.56. The normalized spacial score (nSPS) is 25.9. The largest absolute Gasteiger partial charge is 0.398 e. The number of hydrogen-bond donors (Lipinski definition) is 1. The summed E-state index contributed by atoms with van der Waals surface area (Å²) in [5.41, 5.74) is 7.00. The lowest BCUT2D eigenvalue weighted by molar-refractivity contribution is 0.389. The fourth-order valence-electron chi connectivity index (χ4n) is 2.59. The van der Waals surface area contributed by atoms with E-state index in [4.69, 9.17) is 5.73 Å². The maximum atomic E-state index is 13.1. The van der Waals surface area contributed by atoms with Crippen molar-refractivity contribution in [2.24, 2.45) is 5.92 Å². The summed E-state index contributed by atoms with van der Waals surface area (Å²) in [5, 5.41) is 0.247. The smallest absolute Gasteiger partial charge is 0.123 e. The van der Waals surface area contributed by atoms with Crippen LogP contribution in [0.4, 0.5) is 10.1 Å². The zero-order chi connectivity index (χ0) is 13.1. The topological polar surface area (TPSA) is 43.1 Å². The van der Waals surface area contributed by atoms with E-state index in [1.54, 1.807) is 6.07 Å². The van der Waals surface area contributed by atoms with Crippen LogP contribution in [0.15, 0.2) is 18.2 Å². The van der Waals surface area contributed by atoms with E-state index in [1.165, 1.54) is 18.6 Å². The Balaban J connectivity index is 2.04. The van der Waals surface area contributed by atoms with E-state index < -0.39 is 10.8 Å². The summed E-state index contributed by atoms with van der Waals surface area (Å²) in [5.74, 6) is 0.715. The third-order valence-corrected chi connectivity index (χ3v) is 5.43. The van der Waals surface area contributed by atoms with Crippen molar-refractivity contribution in [3.8, 4) is 0 Å². The average Bonchev–Trinajstić information content (AvgIpc) is 2.34. The van der Waals surface area contributed by atoms with Crippen molar-refractivity contribution in [2.75, 3.05) is 5.73 Å². The fraction of sp³-hybridized carbons (Fsp3) is 0.571. The van der Waals surface area contributed by atoms with Crippen LogP contribution in [0.3, 0.4) is 0 Å². The van der Waals surface area contributed by atoms with E-state index in [1.807, 2.05) is 0 Å². The lowest BCUT2D eigenvalue weighted by Gasteiger charge is -2.26. The number of benzene rings is 1. The Morgan fingerprint density at radius 3 is 2.94 bits per heavy atom. The molecule has 1 aromatic carbocycles. The first kappa shape index (κ1) is 13.5. The molecule has 1 aliphatic rings. The Labute approximate surface area is 110 Å². The van der Waals surface area contributed by atoms with Crippen molar-refractivity contribution in [2.45, 2.75) is 43.6 Å². The molecule has 1 aromatic rings. The third-order valence-electron chi connectivity index (χ3n) is 3.66. The molecule has 0 spiro atoms. The molecule has 0 aromatic heterocycles. The highest BCUT2D eigenvalue weighted by molar-refractivity contribution is 7.84. The number of nitrogen functional groups attached to an aromatic ring is 1. The molecular formula is C14H20FNOS. The number of anilines is 1. The minimum Gasteiger partial charge on any atom is -0.398 e. The van der Waals surface area contributed by atoms with E-state index in [0.717, 1.165) is 19.3 Å². The molecule has 0 saturated heterocycles. The monoisotopic (exact) mass is 269 g/mol. The van der Waals surface area contributed by atoms with E-state index >= 15 is 0 Å². The summed E-state index contributed by atoms with van der Waals surface area (Å²) in [4.78, 5) is 0. The molecule has 1 saturated carbocycles. The maximum absolute atomic E-state index is 13.1. The maximum Gasteiger partial charge on any atom is 0.123 e. The first-order valence-corrected chi connectivity index (χ1v) is 7.85. The van der Waals surface area contributed by atoms with Gasteiger partial charge in [0.25, 0.3) is 0 Å². The Bertz CT molecular complexity index is 449. The van der Waals surface area contributed by atoms with E-state index in [9.17, 15) is 8.60 Å². The minimum atomic E-state index is -0.943. The van der Waals surface area contributed by atoms with Gasteiger partial charge < -0.3 is 5.73 Å². The quantitative estimate of drug-likeness (QED) is 0.856. The molecule has 2 rings (SSSR count). The lowest BCUT2D eigenvalue weighted by atomic mass is 9.91. The standard InChI is InChI=1S/C14H20FNOS/c1-10-3-2-4-13(7-10)18(17)9-11-8-12(15)5-6-14(11)16/h5-6,8,10,13H,2-4,7,9,16H2,1H3. The van der Waals surface area contributed by atoms with Gasteiger partial charge >= 0.3 is 0 Å². The number of rotatable bonds is 3. The van der Waals surface area contributed by atoms with Gasteiger partial charge in [-0.25, -0.2) is 4.39 Å². The number of halogens is 1. The van der Waals surface area contributed by atoms with Crippen LogP contribution in [0.5, 0.6) is 0 Å². The molecule has 0 amide bonds. The molecule has 1 aliphatic carbocycles. The van der Waals surface area contributed by atoms with Gasteiger partial charge in [0.1, 0.15) is 5.82 Å². The molecule has 2 nitrogen and oxygen atoms in total. The van der Waals surface area contributed by atoms with Crippen LogP contribution < -0.4 is 5.73 Å². The molecule has 0 radical (unpaired) electrons. The molecule has 3 atom stereocenters. The molecule has 0 aliphatic heterocycles. The minimum absolute atomic E-state index is 0.247. The summed E-state index contributed by atoms with van der Waals surface area (Å²) >= 11 is 0. The van der Waals surface area contributed by atoms with Crippen LogP contribution in [0, 0.1) is 11.7 Å². The second kappa shape index (κ2) is 5.83. The van der Waals surface area contributed by atoms with Gasteiger partial charge in [0, 0.05) is 21.7 Å². The van der Waals surface area contributed by atoms with Crippen LogP contribution in [0.1, 0.15) is 38.2 Å². The Morgan fingerprint density at radius 2 is 2.22 bits per heavy atom. The molecule has 0 heterocycles. The molecule has 3 unspecified atom stereocenters. The lowest BCUT2D eigenvalue weighted by Crippen LogP contribution is -2.24. The summed E-state index contributed by atoms with van der Waals surface area (Å²) < 4.78 is 25.5. The SMILES string of the molecule is CC1CCCC(S(=O)Cc2cc(F)ccc2N)C1. The molecule has 4 heteroatoms. The fourth-order valence-corrected chi connectivity index (χ4v) is 4.35. The van der Waals surface area contributed by atoms with Crippen molar-refractivity contribution in [1.29, 1.82) is 0 Å². The van der Waals surface area contributed by atoms with Gasteiger partial charge in [-0.05, 0) is 42.5 Å². The molecule has 2 N–H and O–H groups in total. The predicted octanol–water partition coefficient (Wildman–Crippen LogP) is 3.24. The molecule has 1 fully saturated rings. The zero-order valence-electron chi connectivity index (χ0n) is 10.7. The van der Waals surface area contributed by atoms with Crippen LogP contribution in [0.25, 0.3) is 0 Å². The van der Waals surface area contributed by atoms with Crippen molar-refractivity contribution in [3.63, 3.8) is 0 Å².